The summed E-state index contributed by atoms with van der Waals surface area (Å²) in [5.41, 5.74) is 3.17. The Balaban J connectivity index is 1.46. The predicted octanol–water partition coefficient (Wildman–Crippen LogP) is 5.15. The molecule has 1 aromatic heterocycles. The lowest BCUT2D eigenvalue weighted by atomic mass is 10.00. The molecule has 0 amide bonds. The number of Topliss-reactive ketones (excluding diaryl/α,β-unsaturated/α-hetero) is 1. The smallest absolute Gasteiger partial charge is 0.231 e. The number of nitrogens with zero attached hydrogens (tertiary/aromatic N) is 2. The van der Waals surface area contributed by atoms with Gasteiger partial charge in [0.2, 0.25) is 5.78 Å². The Morgan fingerprint density at radius 2 is 2.10 bits per heavy atom. The van der Waals surface area contributed by atoms with Crippen molar-refractivity contribution in [1.82, 2.24) is 9.88 Å². The van der Waals surface area contributed by atoms with Crippen molar-refractivity contribution < 1.29 is 18.7 Å². The summed E-state index contributed by atoms with van der Waals surface area (Å²) in [7, 11) is 0. The van der Waals surface area contributed by atoms with Crippen molar-refractivity contribution >= 4 is 23.5 Å². The van der Waals surface area contributed by atoms with Crippen LogP contribution in [0.25, 0.3) is 6.08 Å². The van der Waals surface area contributed by atoms with Crippen LogP contribution in [0.2, 0.25) is 5.02 Å². The van der Waals surface area contributed by atoms with E-state index in [9.17, 15) is 9.18 Å². The molecule has 3 heterocycles. The van der Waals surface area contributed by atoms with Gasteiger partial charge >= 0.3 is 0 Å². The van der Waals surface area contributed by atoms with Crippen LogP contribution in [-0.2, 0) is 13.1 Å². The summed E-state index contributed by atoms with van der Waals surface area (Å²) in [6.45, 7) is 3.52. The second kappa shape index (κ2) is 7.80. The molecule has 0 saturated carbocycles. The van der Waals surface area contributed by atoms with Crippen molar-refractivity contribution in [3.05, 3.63) is 93.2 Å². The lowest BCUT2D eigenvalue weighted by molar-refractivity contribution is 0.0865. The van der Waals surface area contributed by atoms with Gasteiger partial charge in [0.1, 0.15) is 24.0 Å². The van der Waals surface area contributed by atoms with Gasteiger partial charge in [-0.2, -0.15) is 0 Å². The maximum Gasteiger partial charge on any atom is 0.231 e. The molecule has 2 aliphatic rings. The predicted molar refractivity (Wildman–Crippen MR) is 115 cm³/mol. The number of hydrogen-bond donors (Lipinski definition) is 0. The lowest BCUT2D eigenvalue weighted by Gasteiger charge is -2.30. The first-order valence-electron chi connectivity index (χ1n) is 9.81. The molecule has 31 heavy (non-hydrogen) atoms. The Morgan fingerprint density at radius 3 is 2.87 bits per heavy atom. The fourth-order valence-corrected chi connectivity index (χ4v) is 4.12. The lowest BCUT2D eigenvalue weighted by Crippen LogP contribution is -2.32. The maximum atomic E-state index is 14.2. The highest BCUT2D eigenvalue weighted by Crippen LogP contribution is 2.43. The Bertz CT molecular complexity index is 1210. The van der Waals surface area contributed by atoms with Crippen molar-refractivity contribution in [2.45, 2.75) is 20.0 Å². The molecule has 156 valence electrons. The summed E-state index contributed by atoms with van der Waals surface area (Å²) in [4.78, 5) is 19.5. The van der Waals surface area contributed by atoms with Crippen LogP contribution in [0, 0.1) is 12.7 Å². The monoisotopic (exact) mass is 436 g/mol. The zero-order chi connectivity index (χ0) is 21.5. The summed E-state index contributed by atoms with van der Waals surface area (Å²) in [5.74, 6) is 0.381. The highest BCUT2D eigenvalue weighted by Gasteiger charge is 2.34. The van der Waals surface area contributed by atoms with Crippen LogP contribution in [0.4, 0.5) is 4.39 Å². The average molecular weight is 437 g/mol. The third-order valence-corrected chi connectivity index (χ3v) is 5.72. The summed E-state index contributed by atoms with van der Waals surface area (Å²) in [5, 5.41) is 0.212. The number of rotatable bonds is 3. The fourth-order valence-electron chi connectivity index (χ4n) is 3.90. The van der Waals surface area contributed by atoms with Gasteiger partial charge in [0.15, 0.2) is 5.76 Å². The summed E-state index contributed by atoms with van der Waals surface area (Å²) in [6, 6.07) is 12.0. The molecule has 3 aromatic rings. The molecule has 0 bridgehead atoms. The normalized spacial score (nSPS) is 16.6. The van der Waals surface area contributed by atoms with E-state index in [1.54, 1.807) is 18.3 Å². The molecule has 0 saturated heterocycles. The molecule has 0 atom stereocenters. The Kier molecular flexibility index (Phi) is 4.96. The van der Waals surface area contributed by atoms with E-state index in [0.717, 1.165) is 16.8 Å². The van der Waals surface area contributed by atoms with Gasteiger partial charge in [0, 0.05) is 36.0 Å². The van der Waals surface area contributed by atoms with Crippen molar-refractivity contribution in [3.63, 3.8) is 0 Å². The first-order valence-corrected chi connectivity index (χ1v) is 10.2. The number of benzene rings is 2. The first-order chi connectivity index (χ1) is 15.0. The first kappa shape index (κ1) is 19.7. The number of aromatic nitrogens is 1. The third kappa shape index (κ3) is 3.58. The highest BCUT2D eigenvalue weighted by molar-refractivity contribution is 6.32. The average Bonchev–Trinajstić information content (AvgIpc) is 3.07. The molecule has 0 fully saturated rings. The number of ether oxygens (including phenoxy) is 2. The van der Waals surface area contributed by atoms with E-state index in [1.807, 2.05) is 25.1 Å². The molecular formula is C24H18ClFN2O3. The van der Waals surface area contributed by atoms with E-state index in [4.69, 9.17) is 21.1 Å². The van der Waals surface area contributed by atoms with E-state index < -0.39 is 5.82 Å². The number of fused-ring (bicyclic) bond motifs is 2. The zero-order valence-electron chi connectivity index (χ0n) is 16.7. The number of allylic oxidation sites excluding steroid dienone is 1. The van der Waals surface area contributed by atoms with Crippen LogP contribution in [-0.4, -0.2) is 22.4 Å². The number of ketones is 1. The number of pyridine rings is 1. The van der Waals surface area contributed by atoms with E-state index in [-0.39, 0.29) is 22.1 Å². The van der Waals surface area contributed by atoms with Crippen molar-refractivity contribution in [2.75, 3.05) is 6.73 Å². The molecule has 0 radical (unpaired) electrons. The van der Waals surface area contributed by atoms with Crippen LogP contribution in [0.15, 0.2) is 54.4 Å². The molecule has 2 aliphatic heterocycles. The molecular weight excluding hydrogens is 419 g/mol. The van der Waals surface area contributed by atoms with Gasteiger partial charge in [-0.05, 0) is 43.3 Å². The number of carbonyl (C=O) groups is 1. The van der Waals surface area contributed by atoms with E-state index in [2.05, 4.69) is 9.88 Å². The van der Waals surface area contributed by atoms with Gasteiger partial charge in [0.25, 0.3) is 0 Å². The van der Waals surface area contributed by atoms with Gasteiger partial charge < -0.3 is 9.47 Å². The molecule has 0 N–H and O–H groups in total. The van der Waals surface area contributed by atoms with Crippen LogP contribution in [0.3, 0.4) is 0 Å². The number of carbonyl (C=O) groups excluding carboxylic acids is 1. The summed E-state index contributed by atoms with van der Waals surface area (Å²) >= 11 is 6.10. The van der Waals surface area contributed by atoms with Gasteiger partial charge in [-0.3, -0.25) is 14.7 Å². The van der Waals surface area contributed by atoms with Crippen molar-refractivity contribution in [2.24, 2.45) is 0 Å². The molecule has 0 unspecified atom stereocenters. The minimum absolute atomic E-state index is 0.0396. The van der Waals surface area contributed by atoms with Gasteiger partial charge in [-0.25, -0.2) is 4.39 Å². The number of halogens is 2. The van der Waals surface area contributed by atoms with Gasteiger partial charge in [-0.15, -0.1) is 0 Å². The number of hydrogen-bond acceptors (Lipinski definition) is 5. The van der Waals surface area contributed by atoms with E-state index in [0.29, 0.717) is 36.9 Å². The second-order valence-corrected chi connectivity index (χ2v) is 7.93. The summed E-state index contributed by atoms with van der Waals surface area (Å²) < 4.78 is 26.0. The second-order valence-electron chi connectivity index (χ2n) is 7.52. The standard InChI is InChI=1S/C24H18ClFN2O3/c1-14-23-15(11-28(13-30-23)12-16-5-2-3-8-27-16)9-18-22(29)21(31-24(14)18)10-17-19(25)6-4-7-20(17)26/h2-10H,11-13H2,1H3/b21-10-. The molecule has 0 aliphatic carbocycles. The molecule has 7 heteroatoms. The fraction of sp³-hybridized carbons (Fsp3) is 0.167. The quantitative estimate of drug-likeness (QED) is 0.531. The SMILES string of the molecule is Cc1c2c(cc3c1O/C(=C\c1c(F)cccc1Cl)C3=O)CN(Cc1ccccn1)CO2. The highest BCUT2D eigenvalue weighted by atomic mass is 35.5. The molecule has 5 rings (SSSR count). The Labute approximate surface area is 183 Å². The third-order valence-electron chi connectivity index (χ3n) is 5.39. The maximum absolute atomic E-state index is 14.2. The van der Waals surface area contributed by atoms with E-state index in [1.165, 1.54) is 18.2 Å². The minimum Gasteiger partial charge on any atom is -0.477 e. The van der Waals surface area contributed by atoms with Crippen molar-refractivity contribution in [1.29, 1.82) is 0 Å². The molecule has 0 spiro atoms. The molecule has 5 nitrogen and oxygen atoms in total. The van der Waals surface area contributed by atoms with Gasteiger partial charge in [0.05, 0.1) is 16.3 Å². The van der Waals surface area contributed by atoms with Crippen LogP contribution in [0.1, 0.15) is 32.7 Å². The van der Waals surface area contributed by atoms with Gasteiger partial charge in [-0.1, -0.05) is 23.7 Å². The zero-order valence-corrected chi connectivity index (χ0v) is 17.4. The van der Waals surface area contributed by atoms with Crippen LogP contribution >= 0.6 is 11.6 Å². The topological polar surface area (TPSA) is 51.7 Å². The van der Waals surface area contributed by atoms with Crippen LogP contribution < -0.4 is 9.47 Å². The largest absolute Gasteiger partial charge is 0.477 e. The summed E-state index contributed by atoms with van der Waals surface area (Å²) in [6.07, 6.45) is 3.11. The van der Waals surface area contributed by atoms with Crippen LogP contribution in [0.5, 0.6) is 11.5 Å². The minimum atomic E-state index is -0.517. The Hall–Kier alpha value is -3.22. The van der Waals surface area contributed by atoms with E-state index >= 15 is 0 Å². The molecule has 2 aromatic carbocycles. The Morgan fingerprint density at radius 1 is 1.23 bits per heavy atom. The van der Waals surface area contributed by atoms with Crippen molar-refractivity contribution in [3.8, 4) is 11.5 Å².